The second-order valence-corrected chi connectivity index (χ2v) is 7.99. The lowest BCUT2D eigenvalue weighted by Crippen LogP contribution is -2.27. The molecule has 0 aromatic heterocycles. The van der Waals surface area contributed by atoms with Crippen molar-refractivity contribution in [1.29, 1.82) is 0 Å². The van der Waals surface area contributed by atoms with Crippen LogP contribution in [0.1, 0.15) is 63.5 Å². The van der Waals surface area contributed by atoms with E-state index in [1.807, 2.05) is 12.1 Å². The predicted molar refractivity (Wildman–Crippen MR) is 128 cm³/mol. The molecule has 2 rings (SSSR count). The molecule has 0 heterocycles. The lowest BCUT2D eigenvalue weighted by molar-refractivity contribution is 0.414. The zero-order valence-corrected chi connectivity index (χ0v) is 19.3. The predicted octanol–water partition coefficient (Wildman–Crippen LogP) is 6.68. The van der Waals surface area contributed by atoms with Crippen LogP contribution in [-0.2, 0) is 6.42 Å². The van der Waals surface area contributed by atoms with E-state index in [4.69, 9.17) is 22.1 Å². The van der Waals surface area contributed by atoms with Crippen molar-refractivity contribution < 1.29 is 4.74 Å². The monoisotopic (exact) mass is 417 g/mol. The molecule has 0 saturated carbocycles. The third kappa shape index (κ3) is 5.72. The van der Waals surface area contributed by atoms with Crippen LogP contribution in [0.15, 0.2) is 30.3 Å². The molecule has 0 atom stereocenters. The quantitative estimate of drug-likeness (QED) is 0.316. The number of ether oxygens (including phenoxy) is 1. The van der Waals surface area contributed by atoms with Crippen LogP contribution in [0.5, 0.6) is 5.75 Å². The van der Waals surface area contributed by atoms with Crippen molar-refractivity contribution in [3.63, 3.8) is 0 Å². The molecular formula is C24H36ClN3O. The average Bonchev–Trinajstić information content (AvgIpc) is 2.73. The van der Waals surface area contributed by atoms with Crippen molar-refractivity contribution >= 4 is 28.7 Å². The Hall–Kier alpha value is -2.07. The lowest BCUT2D eigenvalue weighted by atomic mass is 9.88. The summed E-state index contributed by atoms with van der Waals surface area (Å²) in [6.45, 7) is 7.27. The van der Waals surface area contributed by atoms with Gasteiger partial charge in [0.2, 0.25) is 0 Å². The Morgan fingerprint density at radius 3 is 2.38 bits per heavy atom. The molecular weight excluding hydrogens is 382 g/mol. The molecule has 0 aliphatic carbocycles. The van der Waals surface area contributed by atoms with Gasteiger partial charge < -0.3 is 20.7 Å². The van der Waals surface area contributed by atoms with Crippen molar-refractivity contribution in [2.24, 2.45) is 0 Å². The summed E-state index contributed by atoms with van der Waals surface area (Å²) in [5.74, 6) is 1.37. The van der Waals surface area contributed by atoms with Crippen LogP contribution in [0.3, 0.4) is 0 Å². The molecule has 3 N–H and O–H groups in total. The maximum absolute atomic E-state index is 6.46. The standard InChI is InChI=1S/C24H36ClN3O/c1-6-9-18(10-7-2)20-12-13-21(25)23(26)24(20)28(4)16-27-22-14-11-19(29-5)15-17(22)8-3/h11-15,18,27H,6-10,16,26H2,1-5H3. The average molecular weight is 418 g/mol. The van der Waals surface area contributed by atoms with Gasteiger partial charge in [0.05, 0.1) is 30.2 Å². The van der Waals surface area contributed by atoms with E-state index in [1.165, 1.54) is 11.1 Å². The van der Waals surface area contributed by atoms with E-state index in [1.54, 1.807) is 7.11 Å². The third-order valence-corrected chi connectivity index (χ3v) is 5.82. The molecule has 2 aromatic carbocycles. The maximum Gasteiger partial charge on any atom is 0.119 e. The Bertz CT molecular complexity index is 788. The molecule has 5 heteroatoms. The van der Waals surface area contributed by atoms with Gasteiger partial charge in [-0.25, -0.2) is 0 Å². The number of methoxy groups -OCH3 is 1. The SMILES string of the molecule is CCCC(CCC)c1ccc(Cl)c(N)c1N(C)CNc1ccc(OC)cc1CC. The fraction of sp³-hybridized carbons (Fsp3) is 0.500. The molecule has 0 amide bonds. The Morgan fingerprint density at radius 2 is 1.79 bits per heavy atom. The zero-order valence-electron chi connectivity index (χ0n) is 18.5. The maximum atomic E-state index is 6.46. The minimum Gasteiger partial charge on any atom is -0.497 e. The highest BCUT2D eigenvalue weighted by atomic mass is 35.5. The van der Waals surface area contributed by atoms with E-state index in [0.29, 0.717) is 23.3 Å². The Kier molecular flexibility index (Phi) is 8.97. The number of halogens is 1. The van der Waals surface area contributed by atoms with Gasteiger partial charge in [-0.15, -0.1) is 0 Å². The summed E-state index contributed by atoms with van der Waals surface area (Å²) < 4.78 is 5.35. The normalized spacial score (nSPS) is 11.0. The molecule has 2 aromatic rings. The molecule has 0 aliphatic heterocycles. The summed E-state index contributed by atoms with van der Waals surface area (Å²) in [5, 5.41) is 4.17. The van der Waals surface area contributed by atoms with Crippen molar-refractivity contribution in [2.45, 2.75) is 58.8 Å². The van der Waals surface area contributed by atoms with E-state index in [-0.39, 0.29) is 0 Å². The van der Waals surface area contributed by atoms with Crippen LogP contribution in [0.4, 0.5) is 17.1 Å². The van der Waals surface area contributed by atoms with Gasteiger partial charge >= 0.3 is 0 Å². The smallest absolute Gasteiger partial charge is 0.119 e. The van der Waals surface area contributed by atoms with Gasteiger partial charge in [-0.3, -0.25) is 0 Å². The van der Waals surface area contributed by atoms with E-state index in [2.05, 4.69) is 56.2 Å². The van der Waals surface area contributed by atoms with Crippen LogP contribution in [0, 0.1) is 0 Å². The van der Waals surface area contributed by atoms with E-state index < -0.39 is 0 Å². The van der Waals surface area contributed by atoms with Gasteiger partial charge in [0.1, 0.15) is 5.75 Å². The van der Waals surface area contributed by atoms with Gasteiger partial charge in [0.25, 0.3) is 0 Å². The molecule has 0 saturated heterocycles. The van der Waals surface area contributed by atoms with Crippen LogP contribution in [-0.4, -0.2) is 20.8 Å². The number of hydrogen-bond acceptors (Lipinski definition) is 4. The van der Waals surface area contributed by atoms with Crippen molar-refractivity contribution in [3.8, 4) is 5.75 Å². The number of aryl methyl sites for hydroxylation is 1. The van der Waals surface area contributed by atoms with Gasteiger partial charge in [0, 0.05) is 12.7 Å². The Balaban J connectivity index is 2.30. The number of hydrogen-bond donors (Lipinski definition) is 2. The van der Waals surface area contributed by atoms with Crippen molar-refractivity contribution in [1.82, 2.24) is 0 Å². The number of nitrogens with zero attached hydrogens (tertiary/aromatic N) is 1. The summed E-state index contributed by atoms with van der Waals surface area (Å²) in [5.41, 5.74) is 11.8. The molecule has 0 aliphatic rings. The fourth-order valence-corrected chi connectivity index (χ4v) is 4.11. The summed E-state index contributed by atoms with van der Waals surface area (Å²) in [7, 11) is 3.77. The minimum absolute atomic E-state index is 0.495. The third-order valence-electron chi connectivity index (χ3n) is 5.49. The summed E-state index contributed by atoms with van der Waals surface area (Å²) in [6.07, 6.45) is 5.55. The fourth-order valence-electron chi connectivity index (χ4n) is 3.95. The second kappa shape index (κ2) is 11.2. The van der Waals surface area contributed by atoms with Crippen LogP contribution >= 0.6 is 11.6 Å². The molecule has 0 spiro atoms. The molecule has 0 bridgehead atoms. The number of nitrogens with one attached hydrogen (secondary N) is 1. The summed E-state index contributed by atoms with van der Waals surface area (Å²) >= 11 is 6.40. The van der Waals surface area contributed by atoms with Crippen LogP contribution in [0.2, 0.25) is 5.02 Å². The van der Waals surface area contributed by atoms with Crippen LogP contribution < -0.4 is 20.7 Å². The molecule has 4 nitrogen and oxygen atoms in total. The van der Waals surface area contributed by atoms with Crippen molar-refractivity contribution in [3.05, 3.63) is 46.5 Å². The number of nitrogens with two attached hydrogens (primary N) is 1. The zero-order chi connectivity index (χ0) is 21.4. The van der Waals surface area contributed by atoms with Gasteiger partial charge in [0.15, 0.2) is 0 Å². The Morgan fingerprint density at radius 1 is 1.10 bits per heavy atom. The lowest BCUT2D eigenvalue weighted by Gasteiger charge is -2.29. The van der Waals surface area contributed by atoms with Gasteiger partial charge in [-0.1, -0.05) is 51.3 Å². The highest BCUT2D eigenvalue weighted by Crippen LogP contribution is 2.40. The number of benzene rings is 2. The van der Waals surface area contributed by atoms with Crippen LogP contribution in [0.25, 0.3) is 0 Å². The highest BCUT2D eigenvalue weighted by Gasteiger charge is 2.20. The number of rotatable bonds is 11. The molecule has 0 radical (unpaired) electrons. The molecule has 29 heavy (non-hydrogen) atoms. The first-order valence-electron chi connectivity index (χ1n) is 10.7. The van der Waals surface area contributed by atoms with Gasteiger partial charge in [-0.05, 0) is 60.6 Å². The summed E-state index contributed by atoms with van der Waals surface area (Å²) in [4.78, 5) is 2.18. The Labute approximate surface area is 181 Å². The molecule has 160 valence electrons. The second-order valence-electron chi connectivity index (χ2n) is 7.58. The van der Waals surface area contributed by atoms with Gasteiger partial charge in [-0.2, -0.15) is 0 Å². The largest absolute Gasteiger partial charge is 0.497 e. The first kappa shape index (κ1) is 23.2. The van der Waals surface area contributed by atoms with E-state index in [0.717, 1.165) is 49.2 Å². The van der Waals surface area contributed by atoms with E-state index >= 15 is 0 Å². The van der Waals surface area contributed by atoms with Crippen molar-refractivity contribution in [2.75, 3.05) is 36.8 Å². The topological polar surface area (TPSA) is 50.5 Å². The van der Waals surface area contributed by atoms with E-state index in [9.17, 15) is 0 Å². The minimum atomic E-state index is 0.495. The highest BCUT2D eigenvalue weighted by molar-refractivity contribution is 6.33. The first-order valence-corrected chi connectivity index (χ1v) is 11.0. The molecule has 0 unspecified atom stereocenters. The number of nitrogen functional groups attached to an aromatic ring is 1. The first-order chi connectivity index (χ1) is 14.0. The number of anilines is 3. The molecule has 0 fully saturated rings. The summed E-state index contributed by atoms with van der Waals surface area (Å²) in [6, 6.07) is 10.2.